The van der Waals surface area contributed by atoms with Gasteiger partial charge in [-0.05, 0) is 45.8 Å². The zero-order valence-corrected chi connectivity index (χ0v) is 16.5. The first-order valence-electron chi connectivity index (χ1n) is 6.52. The van der Waals surface area contributed by atoms with Crippen molar-refractivity contribution in [1.29, 1.82) is 0 Å². The van der Waals surface area contributed by atoms with E-state index in [1.165, 1.54) is 0 Å². The summed E-state index contributed by atoms with van der Waals surface area (Å²) >= 11 is 9.96. The summed E-state index contributed by atoms with van der Waals surface area (Å²) in [4.78, 5) is 28.1. The van der Waals surface area contributed by atoms with E-state index >= 15 is 0 Å². The van der Waals surface area contributed by atoms with Crippen molar-refractivity contribution in [1.82, 2.24) is 10.3 Å². The first kappa shape index (κ1) is 18.1. The molecule has 0 spiro atoms. The number of nitrogens with two attached hydrogens (primary N) is 1. The second-order valence-corrected chi connectivity index (χ2v) is 7.33. The molecule has 1 aromatic carbocycles. The second-order valence-electron chi connectivity index (χ2n) is 4.74. The molecule has 8 heteroatoms. The van der Waals surface area contributed by atoms with E-state index in [0.29, 0.717) is 10.2 Å². The number of primary amides is 1. The van der Waals surface area contributed by atoms with Gasteiger partial charge in [0.05, 0.1) is 0 Å². The highest BCUT2D eigenvalue weighted by Gasteiger charge is 2.21. The third kappa shape index (κ3) is 5.12. The molecule has 0 bridgehead atoms. The summed E-state index contributed by atoms with van der Waals surface area (Å²) in [6, 6.07) is 7.88. The average Bonchev–Trinajstić information content (AvgIpc) is 2.47. The largest absolute Gasteiger partial charge is 0.368 e. The van der Waals surface area contributed by atoms with Crippen LogP contribution in [-0.2, 0) is 11.2 Å². The molecule has 1 heterocycles. The highest BCUT2D eigenvalue weighted by atomic mass is 79.9. The van der Waals surface area contributed by atoms with Crippen LogP contribution < -0.4 is 11.1 Å². The Bertz CT molecular complexity index is 732. The van der Waals surface area contributed by atoms with Crippen LogP contribution in [0.5, 0.6) is 0 Å². The molecule has 0 aliphatic heterocycles. The minimum atomic E-state index is -0.833. The van der Waals surface area contributed by atoms with Crippen LogP contribution in [0, 0.1) is 0 Å². The van der Waals surface area contributed by atoms with E-state index in [1.807, 2.05) is 12.1 Å². The Morgan fingerprint density at radius 1 is 1.17 bits per heavy atom. The van der Waals surface area contributed by atoms with Crippen molar-refractivity contribution in [2.75, 3.05) is 0 Å². The van der Waals surface area contributed by atoms with Gasteiger partial charge in [-0.1, -0.05) is 37.9 Å². The first-order valence-corrected chi connectivity index (χ1v) is 8.90. The van der Waals surface area contributed by atoms with Gasteiger partial charge in [-0.15, -0.1) is 0 Å². The summed E-state index contributed by atoms with van der Waals surface area (Å²) in [5.41, 5.74) is 6.62. The summed E-state index contributed by atoms with van der Waals surface area (Å²) in [6.07, 6.45) is 1.88. The normalized spacial score (nSPS) is 11.8. The lowest BCUT2D eigenvalue weighted by molar-refractivity contribution is -0.119. The lowest BCUT2D eigenvalue weighted by atomic mass is 10.1. The van der Waals surface area contributed by atoms with E-state index in [2.05, 4.69) is 58.1 Å². The molecule has 1 atom stereocenters. The zero-order chi connectivity index (χ0) is 17.0. The van der Waals surface area contributed by atoms with Gasteiger partial charge in [-0.3, -0.25) is 9.59 Å². The Morgan fingerprint density at radius 3 is 2.39 bits per heavy atom. The monoisotopic (exact) mass is 503 g/mol. The molecule has 1 aromatic heterocycles. The van der Waals surface area contributed by atoms with Gasteiger partial charge in [0.1, 0.15) is 10.6 Å². The minimum Gasteiger partial charge on any atom is -0.368 e. The topological polar surface area (TPSA) is 85.1 Å². The summed E-state index contributed by atoms with van der Waals surface area (Å²) in [6.45, 7) is 0. The number of benzene rings is 1. The highest BCUT2D eigenvalue weighted by Crippen LogP contribution is 2.20. The Hall–Kier alpha value is -1.25. The molecular formula is C15H12Br3N3O2. The number of pyridine rings is 1. The predicted octanol–water partition coefficient (Wildman–Crippen LogP) is 3.20. The number of aromatic nitrogens is 1. The van der Waals surface area contributed by atoms with Crippen molar-refractivity contribution in [3.05, 3.63) is 61.2 Å². The lowest BCUT2D eigenvalue weighted by Crippen LogP contribution is -2.45. The number of nitrogens with zero attached hydrogens (tertiary/aromatic N) is 1. The van der Waals surface area contributed by atoms with Crippen molar-refractivity contribution in [2.24, 2.45) is 5.73 Å². The fraction of sp³-hybridized carbons (Fsp3) is 0.133. The molecule has 120 valence electrons. The van der Waals surface area contributed by atoms with Crippen LogP contribution in [0.25, 0.3) is 0 Å². The number of carbonyl (C=O) groups is 2. The molecule has 0 saturated carbocycles. The van der Waals surface area contributed by atoms with E-state index in [1.54, 1.807) is 24.4 Å². The maximum Gasteiger partial charge on any atom is 0.252 e. The van der Waals surface area contributed by atoms with E-state index < -0.39 is 11.9 Å². The smallest absolute Gasteiger partial charge is 0.252 e. The minimum absolute atomic E-state index is 0.255. The molecule has 0 aliphatic rings. The third-order valence-corrected chi connectivity index (χ3v) is 4.66. The van der Waals surface area contributed by atoms with Gasteiger partial charge >= 0.3 is 0 Å². The van der Waals surface area contributed by atoms with Gasteiger partial charge in [-0.25, -0.2) is 4.98 Å². The fourth-order valence-corrected chi connectivity index (χ4v) is 3.65. The molecule has 0 saturated heterocycles. The van der Waals surface area contributed by atoms with Crippen molar-refractivity contribution in [2.45, 2.75) is 12.5 Å². The molecule has 2 aromatic rings. The fourth-order valence-electron chi connectivity index (χ4n) is 1.94. The summed E-state index contributed by atoms with van der Waals surface area (Å²) < 4.78 is 2.12. The molecule has 5 nitrogen and oxygen atoms in total. The van der Waals surface area contributed by atoms with Crippen LogP contribution in [0.3, 0.4) is 0 Å². The summed E-state index contributed by atoms with van der Waals surface area (Å²) in [5.74, 6) is -0.987. The molecule has 23 heavy (non-hydrogen) atoms. The van der Waals surface area contributed by atoms with Gasteiger partial charge in [0.15, 0.2) is 0 Å². The zero-order valence-electron chi connectivity index (χ0n) is 11.7. The van der Waals surface area contributed by atoms with Crippen molar-refractivity contribution >= 4 is 59.6 Å². The van der Waals surface area contributed by atoms with E-state index in [-0.39, 0.29) is 12.3 Å². The summed E-state index contributed by atoms with van der Waals surface area (Å²) in [5, 5.41) is 2.66. The predicted molar refractivity (Wildman–Crippen MR) is 97.9 cm³/mol. The van der Waals surface area contributed by atoms with Crippen LogP contribution >= 0.6 is 47.8 Å². The molecule has 3 N–H and O–H groups in total. The Kier molecular flexibility index (Phi) is 6.32. The SMILES string of the molecule is NC(=O)[C@@H](Cc1cccnc1Br)NC(=O)c1cc(Br)cc(Br)c1. The highest BCUT2D eigenvalue weighted by molar-refractivity contribution is 9.11. The molecule has 0 fully saturated rings. The number of carbonyl (C=O) groups excluding carboxylic acids is 2. The molecule has 2 rings (SSSR count). The van der Waals surface area contributed by atoms with E-state index in [0.717, 1.165) is 14.5 Å². The van der Waals surface area contributed by atoms with E-state index in [9.17, 15) is 9.59 Å². The number of halogens is 3. The molecule has 2 amide bonds. The Labute approximate surface area is 158 Å². The lowest BCUT2D eigenvalue weighted by Gasteiger charge is -2.16. The standard InChI is InChI=1S/C15H12Br3N3O2/c16-10-4-9(5-11(17)7-10)15(23)21-12(14(19)22)6-8-2-1-3-20-13(8)18/h1-5,7,12H,6H2,(H2,19,22)(H,21,23)/t12-/m1/s1. The van der Waals surface area contributed by atoms with Crippen LogP contribution in [0.15, 0.2) is 50.1 Å². The van der Waals surface area contributed by atoms with Gasteiger partial charge in [0, 0.05) is 27.1 Å². The van der Waals surface area contributed by atoms with Gasteiger partial charge < -0.3 is 11.1 Å². The average molecular weight is 506 g/mol. The summed E-state index contributed by atoms with van der Waals surface area (Å²) in [7, 11) is 0. The van der Waals surface area contributed by atoms with Crippen LogP contribution in [-0.4, -0.2) is 22.8 Å². The van der Waals surface area contributed by atoms with Gasteiger partial charge in [0.25, 0.3) is 5.91 Å². The maximum atomic E-state index is 12.4. The van der Waals surface area contributed by atoms with Crippen LogP contribution in [0.1, 0.15) is 15.9 Å². The van der Waals surface area contributed by atoms with Gasteiger partial charge in [-0.2, -0.15) is 0 Å². The number of nitrogens with one attached hydrogen (secondary N) is 1. The molecular weight excluding hydrogens is 494 g/mol. The Balaban J connectivity index is 2.18. The number of hydrogen-bond acceptors (Lipinski definition) is 3. The first-order chi connectivity index (χ1) is 10.9. The van der Waals surface area contributed by atoms with Crippen molar-refractivity contribution in [3.8, 4) is 0 Å². The molecule has 0 aliphatic carbocycles. The Morgan fingerprint density at radius 2 is 1.83 bits per heavy atom. The number of rotatable bonds is 5. The third-order valence-electron chi connectivity index (χ3n) is 3.03. The van der Waals surface area contributed by atoms with Gasteiger partial charge in [0.2, 0.25) is 5.91 Å². The van der Waals surface area contributed by atoms with Crippen LogP contribution in [0.2, 0.25) is 0 Å². The number of amides is 2. The number of hydrogen-bond donors (Lipinski definition) is 2. The molecule has 0 unspecified atom stereocenters. The molecule has 0 radical (unpaired) electrons. The quantitative estimate of drug-likeness (QED) is 0.612. The second kappa shape index (κ2) is 8.03. The van der Waals surface area contributed by atoms with Crippen molar-refractivity contribution in [3.63, 3.8) is 0 Å². The van der Waals surface area contributed by atoms with Crippen molar-refractivity contribution < 1.29 is 9.59 Å². The maximum absolute atomic E-state index is 12.4. The van der Waals surface area contributed by atoms with Crippen LogP contribution in [0.4, 0.5) is 0 Å². The van der Waals surface area contributed by atoms with E-state index in [4.69, 9.17) is 5.73 Å².